The number of ether oxygens (including phenoxy) is 2. The number of likely N-dealkylation sites (tertiary alicyclic amines) is 1. The van der Waals surface area contributed by atoms with Gasteiger partial charge in [0, 0.05) is 35.1 Å². The van der Waals surface area contributed by atoms with E-state index in [-0.39, 0.29) is 29.4 Å². The van der Waals surface area contributed by atoms with Gasteiger partial charge in [-0.25, -0.2) is 0 Å². The first-order valence-electron chi connectivity index (χ1n) is 12.1. The van der Waals surface area contributed by atoms with Crippen LogP contribution in [0.1, 0.15) is 49.3 Å². The molecule has 2 aliphatic carbocycles. The number of carbonyl (C=O) groups is 1. The molecular formula is C27H32ClNO4. The molecule has 2 fully saturated rings. The van der Waals surface area contributed by atoms with E-state index in [2.05, 4.69) is 36.1 Å². The lowest BCUT2D eigenvalue weighted by Crippen LogP contribution is -2.66. The second kappa shape index (κ2) is 8.52. The number of benzene rings is 2. The third-order valence-corrected chi connectivity index (χ3v) is 8.43. The highest BCUT2D eigenvalue weighted by Gasteiger charge is 2.66. The lowest BCUT2D eigenvalue weighted by Gasteiger charge is -2.57. The van der Waals surface area contributed by atoms with Crippen molar-refractivity contribution in [2.45, 2.75) is 63.0 Å². The van der Waals surface area contributed by atoms with Gasteiger partial charge in [0.25, 0.3) is 0 Å². The number of nitrogens with zero attached hydrogens (tertiary/aromatic N) is 1. The minimum absolute atomic E-state index is 0. The van der Waals surface area contributed by atoms with Gasteiger partial charge >= 0.3 is 0 Å². The first kappa shape index (κ1) is 22.5. The summed E-state index contributed by atoms with van der Waals surface area (Å²) in [6, 6.07) is 12.6. The minimum Gasteiger partial charge on any atom is -0.504 e. The molecule has 6 rings (SSSR count). The number of halogens is 1. The molecule has 5 nitrogen and oxygen atoms in total. The minimum atomic E-state index is -0.448. The smallest absolute Gasteiger partial charge is 0.174 e. The molecule has 0 radical (unpaired) electrons. The normalized spacial score (nSPS) is 29.1. The van der Waals surface area contributed by atoms with E-state index in [4.69, 9.17) is 9.47 Å². The van der Waals surface area contributed by atoms with Crippen LogP contribution < -0.4 is 9.47 Å². The summed E-state index contributed by atoms with van der Waals surface area (Å²) in [7, 11) is 0. The summed E-state index contributed by atoms with van der Waals surface area (Å²) in [5.74, 6) is 2.04. The number of aromatic hydroxyl groups is 1. The first-order chi connectivity index (χ1) is 15.6. The third-order valence-electron chi connectivity index (χ3n) is 8.43. The van der Waals surface area contributed by atoms with Crippen molar-refractivity contribution in [2.75, 3.05) is 19.7 Å². The van der Waals surface area contributed by atoms with Crippen molar-refractivity contribution in [3.05, 3.63) is 53.1 Å². The number of rotatable bonds is 6. The Morgan fingerprint density at radius 2 is 2.09 bits per heavy atom. The second-order valence-corrected chi connectivity index (χ2v) is 9.81. The molecule has 2 aromatic carbocycles. The van der Waals surface area contributed by atoms with Gasteiger partial charge in [-0.3, -0.25) is 9.69 Å². The standard InChI is InChI=1S/C27H31NO4.ClH/c1-2-28-13-12-27-19-10-11-21(29)26(27)32-25-22(30)16-23(18(24(25)27)15-20(19)28)31-14-6-9-17-7-4-3-5-8-17;/h3-5,7-8,16,19-20,26,30H,2,6,9-15H2,1H3;1H/t19-,20+,26-,27-;/m0./s1. The Balaban J connectivity index is 0.00000228. The van der Waals surface area contributed by atoms with Gasteiger partial charge < -0.3 is 14.6 Å². The van der Waals surface area contributed by atoms with Gasteiger partial charge in [-0.05, 0) is 56.7 Å². The topological polar surface area (TPSA) is 59.0 Å². The largest absolute Gasteiger partial charge is 0.504 e. The fourth-order valence-corrected chi connectivity index (χ4v) is 7.08. The summed E-state index contributed by atoms with van der Waals surface area (Å²) < 4.78 is 12.6. The predicted molar refractivity (Wildman–Crippen MR) is 129 cm³/mol. The molecule has 0 aromatic heterocycles. The monoisotopic (exact) mass is 469 g/mol. The SMILES string of the molecule is CCN1CC[C@]23c4c5c(OCCCc6ccccc6)cc(O)c4O[C@H]2C(=O)CC[C@H]3[C@H]1C5.Cl. The van der Waals surface area contributed by atoms with Crippen LogP contribution in [0.5, 0.6) is 17.2 Å². The molecule has 2 heterocycles. The van der Waals surface area contributed by atoms with E-state index >= 15 is 0 Å². The Kier molecular flexibility index (Phi) is 5.82. The molecule has 2 aliphatic heterocycles. The molecule has 176 valence electrons. The van der Waals surface area contributed by atoms with E-state index in [1.165, 1.54) is 5.56 Å². The van der Waals surface area contributed by atoms with Crippen LogP contribution in [-0.2, 0) is 23.1 Å². The van der Waals surface area contributed by atoms with Crippen molar-refractivity contribution in [2.24, 2.45) is 5.92 Å². The van der Waals surface area contributed by atoms with Crippen molar-refractivity contribution in [3.63, 3.8) is 0 Å². The molecule has 1 N–H and O–H groups in total. The lowest BCUT2D eigenvalue weighted by atomic mass is 9.51. The highest BCUT2D eigenvalue weighted by molar-refractivity contribution is 5.89. The predicted octanol–water partition coefficient (Wildman–Crippen LogP) is 4.45. The maximum absolute atomic E-state index is 13.0. The summed E-state index contributed by atoms with van der Waals surface area (Å²) in [6.45, 7) is 4.83. The second-order valence-electron chi connectivity index (χ2n) is 9.81. The molecule has 4 aliphatic rings. The Labute approximate surface area is 201 Å². The van der Waals surface area contributed by atoms with Crippen LogP contribution in [0.4, 0.5) is 0 Å². The maximum atomic E-state index is 13.0. The Hall–Kier alpha value is -2.24. The van der Waals surface area contributed by atoms with Crippen LogP contribution in [0.2, 0.25) is 0 Å². The van der Waals surface area contributed by atoms with Crippen molar-refractivity contribution in [3.8, 4) is 17.2 Å². The summed E-state index contributed by atoms with van der Waals surface area (Å²) >= 11 is 0. The van der Waals surface area contributed by atoms with E-state index in [1.807, 2.05) is 6.07 Å². The van der Waals surface area contributed by atoms with Gasteiger partial charge in [0.05, 0.1) is 6.61 Å². The molecule has 4 atom stereocenters. The van der Waals surface area contributed by atoms with Crippen LogP contribution in [0.3, 0.4) is 0 Å². The number of Topliss-reactive ketones (excluding diaryl/α,β-unsaturated/α-hetero) is 1. The van der Waals surface area contributed by atoms with E-state index in [9.17, 15) is 9.90 Å². The van der Waals surface area contributed by atoms with E-state index < -0.39 is 6.10 Å². The number of hydrogen-bond acceptors (Lipinski definition) is 5. The molecular weight excluding hydrogens is 438 g/mol. The van der Waals surface area contributed by atoms with Gasteiger partial charge in [-0.1, -0.05) is 37.3 Å². The highest BCUT2D eigenvalue weighted by Crippen LogP contribution is 2.64. The fraction of sp³-hybridized carbons (Fsp3) is 0.519. The maximum Gasteiger partial charge on any atom is 0.174 e. The molecule has 6 heteroatoms. The van der Waals surface area contributed by atoms with Gasteiger partial charge in [-0.15, -0.1) is 12.4 Å². The van der Waals surface area contributed by atoms with E-state index in [0.29, 0.717) is 30.7 Å². The Morgan fingerprint density at radius 1 is 1.27 bits per heavy atom. The molecule has 0 amide bonds. The van der Waals surface area contributed by atoms with Gasteiger partial charge in [0.2, 0.25) is 0 Å². The van der Waals surface area contributed by atoms with E-state index in [0.717, 1.165) is 62.1 Å². The molecule has 1 spiro atoms. The van der Waals surface area contributed by atoms with Crippen molar-refractivity contribution >= 4 is 18.2 Å². The number of ketones is 1. The fourth-order valence-electron chi connectivity index (χ4n) is 7.08. The molecule has 1 saturated carbocycles. The summed E-state index contributed by atoms with van der Waals surface area (Å²) in [5.41, 5.74) is 3.26. The first-order valence-corrected chi connectivity index (χ1v) is 12.1. The van der Waals surface area contributed by atoms with Crippen molar-refractivity contribution in [1.82, 2.24) is 4.90 Å². The van der Waals surface area contributed by atoms with Gasteiger partial charge in [-0.2, -0.15) is 0 Å². The molecule has 2 aromatic rings. The number of phenols is 1. The zero-order chi connectivity index (χ0) is 21.9. The average molecular weight is 470 g/mol. The van der Waals surface area contributed by atoms with Crippen LogP contribution in [0.15, 0.2) is 36.4 Å². The number of carbonyl (C=O) groups excluding carboxylic acids is 1. The number of hydrogen-bond donors (Lipinski definition) is 1. The van der Waals surface area contributed by atoms with Gasteiger partial charge in [0.1, 0.15) is 5.75 Å². The number of aryl methyl sites for hydroxylation is 1. The molecule has 2 bridgehead atoms. The number of phenolic OH excluding ortho intramolecular Hbond substituents is 1. The molecule has 1 saturated heterocycles. The Morgan fingerprint density at radius 3 is 2.88 bits per heavy atom. The van der Waals surface area contributed by atoms with Crippen LogP contribution >= 0.6 is 12.4 Å². The van der Waals surface area contributed by atoms with Crippen LogP contribution in [0, 0.1) is 5.92 Å². The zero-order valence-corrected chi connectivity index (χ0v) is 19.9. The Bertz CT molecular complexity index is 1060. The molecule has 33 heavy (non-hydrogen) atoms. The lowest BCUT2D eigenvalue weighted by molar-refractivity contribution is -0.138. The van der Waals surface area contributed by atoms with Crippen molar-refractivity contribution in [1.29, 1.82) is 0 Å². The van der Waals surface area contributed by atoms with Crippen LogP contribution in [-0.4, -0.2) is 47.6 Å². The van der Waals surface area contributed by atoms with Crippen molar-refractivity contribution < 1.29 is 19.4 Å². The summed E-state index contributed by atoms with van der Waals surface area (Å²) in [6.07, 6.45) is 4.74. The summed E-state index contributed by atoms with van der Waals surface area (Å²) in [5, 5.41) is 10.9. The van der Waals surface area contributed by atoms with E-state index in [1.54, 1.807) is 6.07 Å². The highest BCUT2D eigenvalue weighted by atomic mass is 35.5. The third kappa shape index (κ3) is 3.27. The number of likely N-dealkylation sites (N-methyl/N-ethyl adjacent to an activating group) is 1. The van der Waals surface area contributed by atoms with Gasteiger partial charge in [0.15, 0.2) is 23.4 Å². The number of piperidine rings is 1. The van der Waals surface area contributed by atoms with Crippen LogP contribution in [0.25, 0.3) is 0 Å². The zero-order valence-electron chi connectivity index (χ0n) is 19.1. The average Bonchev–Trinajstić information content (AvgIpc) is 3.16. The quantitative estimate of drug-likeness (QED) is 0.633. The summed E-state index contributed by atoms with van der Waals surface area (Å²) in [4.78, 5) is 15.5. The molecule has 0 unspecified atom stereocenters.